The van der Waals surface area contributed by atoms with Crippen LogP contribution in [0.25, 0.3) is 6.08 Å². The van der Waals surface area contributed by atoms with Crippen molar-refractivity contribution in [2.75, 3.05) is 38.1 Å². The van der Waals surface area contributed by atoms with E-state index in [2.05, 4.69) is 34.0 Å². The van der Waals surface area contributed by atoms with E-state index in [9.17, 15) is 4.39 Å². The zero-order chi connectivity index (χ0) is 13.7. The van der Waals surface area contributed by atoms with Crippen molar-refractivity contribution >= 4 is 11.8 Å². The molecule has 3 nitrogen and oxygen atoms in total. The average Bonchev–Trinajstić information content (AvgIpc) is 2.39. The minimum Gasteiger partial charge on any atom is -0.369 e. The molecule has 1 aromatic rings. The molecule has 0 saturated carbocycles. The lowest BCUT2D eigenvalue weighted by atomic mass is 10.2. The monoisotopic (exact) mass is 261 g/mol. The van der Waals surface area contributed by atoms with E-state index < -0.39 is 0 Å². The van der Waals surface area contributed by atoms with Crippen LogP contribution in [-0.4, -0.2) is 43.1 Å². The number of anilines is 1. The number of pyridine rings is 1. The quantitative estimate of drug-likeness (QED) is 0.780. The maximum Gasteiger partial charge on any atom is 0.0866 e. The number of aromatic nitrogens is 1. The molecule has 0 amide bonds. The molecule has 102 valence electrons. The van der Waals surface area contributed by atoms with Gasteiger partial charge in [0, 0.05) is 37.6 Å². The van der Waals surface area contributed by atoms with Gasteiger partial charge in [0.25, 0.3) is 0 Å². The van der Waals surface area contributed by atoms with Crippen LogP contribution in [0.2, 0.25) is 0 Å². The SMILES string of the molecule is Cc1cc(N2CCN(C)CC2)cc(/C=C/C=C\F)n1. The van der Waals surface area contributed by atoms with Crippen LogP contribution in [0.4, 0.5) is 10.1 Å². The second kappa shape index (κ2) is 6.48. The molecule has 4 heteroatoms. The van der Waals surface area contributed by atoms with Crippen molar-refractivity contribution in [3.8, 4) is 0 Å². The third-order valence-electron chi connectivity index (χ3n) is 3.28. The van der Waals surface area contributed by atoms with Crippen molar-refractivity contribution in [3.05, 3.63) is 42.0 Å². The highest BCUT2D eigenvalue weighted by molar-refractivity contribution is 5.57. The highest BCUT2D eigenvalue weighted by Crippen LogP contribution is 2.19. The molecule has 1 fully saturated rings. The van der Waals surface area contributed by atoms with Gasteiger partial charge in [-0.05, 0) is 38.3 Å². The van der Waals surface area contributed by atoms with E-state index in [1.165, 1.54) is 11.8 Å². The van der Waals surface area contributed by atoms with Crippen molar-refractivity contribution in [3.63, 3.8) is 0 Å². The first kappa shape index (κ1) is 13.7. The van der Waals surface area contributed by atoms with Crippen molar-refractivity contribution in [2.45, 2.75) is 6.92 Å². The largest absolute Gasteiger partial charge is 0.369 e. The number of allylic oxidation sites excluding steroid dienone is 2. The van der Waals surface area contributed by atoms with Crippen LogP contribution in [0.3, 0.4) is 0 Å². The topological polar surface area (TPSA) is 19.4 Å². The summed E-state index contributed by atoms with van der Waals surface area (Å²) < 4.78 is 11.9. The number of halogens is 1. The van der Waals surface area contributed by atoms with Gasteiger partial charge in [0.05, 0.1) is 12.0 Å². The fraction of sp³-hybridized carbons (Fsp3) is 0.400. The minimum atomic E-state index is 0.522. The Morgan fingerprint density at radius 1 is 1.16 bits per heavy atom. The second-order valence-corrected chi connectivity index (χ2v) is 4.86. The molecule has 2 heterocycles. The number of hydrogen-bond donors (Lipinski definition) is 0. The van der Waals surface area contributed by atoms with Gasteiger partial charge in [0.1, 0.15) is 0 Å². The van der Waals surface area contributed by atoms with Crippen LogP contribution < -0.4 is 4.90 Å². The van der Waals surface area contributed by atoms with E-state index in [4.69, 9.17) is 0 Å². The molecule has 0 aliphatic carbocycles. The summed E-state index contributed by atoms with van der Waals surface area (Å²) in [5.41, 5.74) is 3.05. The molecular formula is C15H20FN3. The second-order valence-electron chi connectivity index (χ2n) is 4.86. The molecule has 1 aromatic heterocycles. The predicted molar refractivity (Wildman–Crippen MR) is 78.0 cm³/mol. The maximum absolute atomic E-state index is 11.9. The Morgan fingerprint density at radius 2 is 1.89 bits per heavy atom. The first-order chi connectivity index (χ1) is 9.19. The summed E-state index contributed by atoms with van der Waals surface area (Å²) in [6.45, 7) is 6.22. The first-order valence-corrected chi connectivity index (χ1v) is 6.54. The van der Waals surface area contributed by atoms with Crippen molar-refractivity contribution in [1.82, 2.24) is 9.88 Å². The number of rotatable bonds is 3. The third kappa shape index (κ3) is 3.89. The Labute approximate surface area is 114 Å². The van der Waals surface area contributed by atoms with Crippen LogP contribution in [0.1, 0.15) is 11.4 Å². The molecule has 0 bridgehead atoms. The van der Waals surface area contributed by atoms with Gasteiger partial charge >= 0.3 is 0 Å². The summed E-state index contributed by atoms with van der Waals surface area (Å²) in [6, 6.07) is 4.16. The van der Waals surface area contributed by atoms with E-state index in [1.54, 1.807) is 6.08 Å². The summed E-state index contributed by atoms with van der Waals surface area (Å²) in [5, 5.41) is 0. The Hall–Kier alpha value is -1.68. The van der Waals surface area contributed by atoms with Crippen molar-refractivity contribution < 1.29 is 4.39 Å². The Morgan fingerprint density at radius 3 is 2.58 bits per heavy atom. The van der Waals surface area contributed by atoms with Gasteiger partial charge in [-0.15, -0.1) is 0 Å². The predicted octanol–water partition coefficient (Wildman–Crippen LogP) is 2.64. The van der Waals surface area contributed by atoms with Crippen LogP contribution in [-0.2, 0) is 0 Å². The van der Waals surface area contributed by atoms with Gasteiger partial charge in [0.15, 0.2) is 0 Å². The summed E-state index contributed by atoms with van der Waals surface area (Å²) >= 11 is 0. The average molecular weight is 261 g/mol. The fourth-order valence-electron chi connectivity index (χ4n) is 2.20. The molecule has 0 radical (unpaired) electrons. The molecular weight excluding hydrogens is 241 g/mol. The van der Waals surface area contributed by atoms with Crippen LogP contribution in [0, 0.1) is 6.92 Å². The number of likely N-dealkylation sites (N-methyl/N-ethyl adjacent to an activating group) is 1. The molecule has 0 N–H and O–H groups in total. The lowest BCUT2D eigenvalue weighted by Gasteiger charge is -2.34. The molecule has 0 atom stereocenters. The Bertz CT molecular complexity index is 474. The first-order valence-electron chi connectivity index (χ1n) is 6.54. The highest BCUT2D eigenvalue weighted by atomic mass is 19.1. The van der Waals surface area contributed by atoms with E-state index in [0.29, 0.717) is 6.33 Å². The van der Waals surface area contributed by atoms with Gasteiger partial charge in [-0.2, -0.15) is 0 Å². The van der Waals surface area contributed by atoms with E-state index >= 15 is 0 Å². The van der Waals surface area contributed by atoms with Crippen LogP contribution in [0.5, 0.6) is 0 Å². The van der Waals surface area contributed by atoms with Gasteiger partial charge in [-0.1, -0.05) is 6.08 Å². The Balaban J connectivity index is 2.16. The van der Waals surface area contributed by atoms with Gasteiger partial charge in [-0.25, -0.2) is 4.39 Å². The minimum absolute atomic E-state index is 0.522. The summed E-state index contributed by atoms with van der Waals surface area (Å²) in [5.74, 6) is 0. The highest BCUT2D eigenvalue weighted by Gasteiger charge is 2.14. The number of hydrogen-bond acceptors (Lipinski definition) is 3. The van der Waals surface area contributed by atoms with E-state index in [0.717, 1.165) is 37.6 Å². The smallest absolute Gasteiger partial charge is 0.0866 e. The fourth-order valence-corrected chi connectivity index (χ4v) is 2.20. The molecule has 19 heavy (non-hydrogen) atoms. The molecule has 0 spiro atoms. The molecule has 0 unspecified atom stereocenters. The third-order valence-corrected chi connectivity index (χ3v) is 3.28. The summed E-state index contributed by atoms with van der Waals surface area (Å²) in [4.78, 5) is 9.14. The maximum atomic E-state index is 11.9. The standard InChI is InChI=1S/C15H20FN3/c1-13-11-15(19-9-7-18(2)8-10-19)12-14(17-13)5-3-4-6-16/h3-6,11-12H,7-10H2,1-2H3/b5-3+,6-4-. The van der Waals surface area contributed by atoms with Gasteiger partial charge < -0.3 is 9.80 Å². The lowest BCUT2D eigenvalue weighted by molar-refractivity contribution is 0.313. The molecule has 0 aromatic carbocycles. The van der Waals surface area contributed by atoms with Crippen molar-refractivity contribution in [2.24, 2.45) is 0 Å². The number of nitrogens with zero attached hydrogens (tertiary/aromatic N) is 3. The van der Waals surface area contributed by atoms with Gasteiger partial charge in [0.2, 0.25) is 0 Å². The zero-order valence-corrected chi connectivity index (χ0v) is 11.5. The molecule has 1 saturated heterocycles. The van der Waals surface area contributed by atoms with Gasteiger partial charge in [-0.3, -0.25) is 4.98 Å². The lowest BCUT2D eigenvalue weighted by Crippen LogP contribution is -2.44. The number of piperazine rings is 1. The molecule has 2 rings (SSSR count). The molecule has 1 aliphatic rings. The molecule has 1 aliphatic heterocycles. The number of aryl methyl sites for hydroxylation is 1. The van der Waals surface area contributed by atoms with E-state index in [1.807, 2.05) is 13.0 Å². The zero-order valence-electron chi connectivity index (χ0n) is 11.5. The van der Waals surface area contributed by atoms with Crippen LogP contribution >= 0.6 is 0 Å². The van der Waals surface area contributed by atoms with Crippen molar-refractivity contribution in [1.29, 1.82) is 0 Å². The normalized spacial score (nSPS) is 17.7. The Kier molecular flexibility index (Phi) is 4.68. The van der Waals surface area contributed by atoms with Crippen LogP contribution in [0.15, 0.2) is 30.6 Å². The summed E-state index contributed by atoms with van der Waals surface area (Å²) in [6.07, 6.45) is 5.37. The summed E-state index contributed by atoms with van der Waals surface area (Å²) in [7, 11) is 2.15. The van der Waals surface area contributed by atoms with E-state index in [-0.39, 0.29) is 0 Å².